The number of anilines is 1. The topological polar surface area (TPSA) is 75.0 Å². The van der Waals surface area contributed by atoms with Crippen LogP contribution in [-0.2, 0) is 6.18 Å². The van der Waals surface area contributed by atoms with E-state index >= 15 is 0 Å². The minimum absolute atomic E-state index is 0.0241. The highest BCUT2D eigenvalue weighted by Crippen LogP contribution is 2.35. The molecule has 0 aromatic carbocycles. The van der Waals surface area contributed by atoms with Gasteiger partial charge in [0, 0.05) is 30.1 Å². The standard InChI is InChI=1S/C15H16F3N7/c1-9-6-12(25-14(21-9)22-13(23-25)15(16,17)18)24-5-3-2-4-11(24)10-7-19-20-8-10/h6-8,11H,2-5H2,1H3,(H,19,20). The molecule has 0 bridgehead atoms. The summed E-state index contributed by atoms with van der Waals surface area (Å²) in [5.74, 6) is -0.654. The van der Waals surface area contributed by atoms with E-state index in [0.717, 1.165) is 31.4 Å². The van der Waals surface area contributed by atoms with Crippen LogP contribution in [0.1, 0.15) is 42.4 Å². The van der Waals surface area contributed by atoms with Crippen molar-refractivity contribution in [1.82, 2.24) is 29.8 Å². The molecule has 1 aliphatic heterocycles. The zero-order valence-electron chi connectivity index (χ0n) is 13.5. The van der Waals surface area contributed by atoms with Gasteiger partial charge in [-0.25, -0.2) is 4.98 Å². The van der Waals surface area contributed by atoms with Crippen molar-refractivity contribution < 1.29 is 13.2 Å². The third-order valence-corrected chi connectivity index (χ3v) is 4.38. The maximum Gasteiger partial charge on any atom is 0.453 e. The first-order chi connectivity index (χ1) is 11.9. The lowest BCUT2D eigenvalue weighted by atomic mass is 9.97. The Morgan fingerprint density at radius 3 is 2.80 bits per heavy atom. The number of hydrogen-bond donors (Lipinski definition) is 1. The van der Waals surface area contributed by atoms with E-state index in [9.17, 15) is 13.2 Å². The summed E-state index contributed by atoms with van der Waals surface area (Å²) in [7, 11) is 0. The van der Waals surface area contributed by atoms with Crippen molar-refractivity contribution >= 4 is 11.6 Å². The van der Waals surface area contributed by atoms with Crippen LogP contribution in [0.2, 0.25) is 0 Å². The van der Waals surface area contributed by atoms with Crippen molar-refractivity contribution in [2.24, 2.45) is 0 Å². The van der Waals surface area contributed by atoms with Crippen molar-refractivity contribution in [2.75, 3.05) is 11.4 Å². The summed E-state index contributed by atoms with van der Waals surface area (Å²) < 4.78 is 40.2. The van der Waals surface area contributed by atoms with E-state index in [0.29, 0.717) is 11.5 Å². The molecule has 0 spiro atoms. The first kappa shape index (κ1) is 15.9. The van der Waals surface area contributed by atoms with Crippen LogP contribution in [-0.4, -0.2) is 36.3 Å². The average Bonchev–Trinajstić information content (AvgIpc) is 3.23. The number of hydrogen-bond acceptors (Lipinski definition) is 5. The Morgan fingerprint density at radius 2 is 2.08 bits per heavy atom. The van der Waals surface area contributed by atoms with E-state index in [1.54, 1.807) is 19.2 Å². The van der Waals surface area contributed by atoms with Crippen LogP contribution in [0.4, 0.5) is 19.0 Å². The molecule has 10 heteroatoms. The summed E-state index contributed by atoms with van der Waals surface area (Å²) in [5, 5.41) is 10.5. The number of aromatic amines is 1. The summed E-state index contributed by atoms with van der Waals surface area (Å²) in [6.45, 7) is 2.46. The predicted octanol–water partition coefficient (Wildman–Crippen LogP) is 2.91. The smallest absolute Gasteiger partial charge is 0.349 e. The molecular formula is C15H16F3N7. The molecule has 0 saturated carbocycles. The van der Waals surface area contributed by atoms with Crippen LogP contribution in [0, 0.1) is 6.92 Å². The van der Waals surface area contributed by atoms with Gasteiger partial charge in [0.25, 0.3) is 11.6 Å². The van der Waals surface area contributed by atoms with Gasteiger partial charge in [-0.05, 0) is 26.2 Å². The van der Waals surface area contributed by atoms with Crippen LogP contribution >= 0.6 is 0 Å². The Bertz CT molecular complexity index is 885. The molecule has 7 nitrogen and oxygen atoms in total. The van der Waals surface area contributed by atoms with Gasteiger partial charge in [-0.2, -0.15) is 27.8 Å². The summed E-state index contributed by atoms with van der Waals surface area (Å²) in [6.07, 6.45) is 1.85. The van der Waals surface area contributed by atoms with Gasteiger partial charge in [-0.3, -0.25) is 5.10 Å². The number of aromatic nitrogens is 6. The quantitative estimate of drug-likeness (QED) is 0.768. The number of H-pyrrole nitrogens is 1. The molecule has 1 N–H and O–H groups in total. The molecule has 3 aromatic rings. The van der Waals surface area contributed by atoms with Crippen molar-refractivity contribution in [3.05, 3.63) is 35.5 Å². The molecule has 25 heavy (non-hydrogen) atoms. The number of halogens is 3. The Hall–Kier alpha value is -2.65. The van der Waals surface area contributed by atoms with Crippen molar-refractivity contribution in [2.45, 2.75) is 38.4 Å². The molecule has 4 rings (SSSR count). The van der Waals surface area contributed by atoms with Crippen molar-refractivity contribution in [3.8, 4) is 0 Å². The second-order valence-electron chi connectivity index (χ2n) is 6.14. The molecule has 0 amide bonds. The normalized spacial score (nSPS) is 18.9. The SMILES string of the molecule is Cc1cc(N2CCCCC2c2cn[nH]c2)n2nc(C(F)(F)F)nc2n1. The van der Waals surface area contributed by atoms with Crippen molar-refractivity contribution in [1.29, 1.82) is 0 Å². The molecule has 132 valence electrons. The summed E-state index contributed by atoms with van der Waals surface area (Å²) in [5.41, 5.74) is 1.60. The van der Waals surface area contributed by atoms with E-state index in [2.05, 4.69) is 30.2 Å². The summed E-state index contributed by atoms with van der Waals surface area (Å²) >= 11 is 0. The Balaban J connectivity index is 1.85. The predicted molar refractivity (Wildman–Crippen MR) is 83.0 cm³/mol. The largest absolute Gasteiger partial charge is 0.453 e. The molecule has 1 saturated heterocycles. The highest BCUT2D eigenvalue weighted by atomic mass is 19.4. The fourth-order valence-electron chi connectivity index (χ4n) is 3.29. The molecule has 0 aliphatic carbocycles. The molecule has 1 unspecified atom stereocenters. The number of alkyl halides is 3. The van der Waals surface area contributed by atoms with E-state index < -0.39 is 12.0 Å². The fraction of sp³-hybridized carbons (Fsp3) is 0.467. The van der Waals surface area contributed by atoms with E-state index in [-0.39, 0.29) is 11.8 Å². The fourth-order valence-corrected chi connectivity index (χ4v) is 3.29. The van der Waals surface area contributed by atoms with Crippen LogP contribution < -0.4 is 4.90 Å². The highest BCUT2D eigenvalue weighted by Gasteiger charge is 2.37. The van der Waals surface area contributed by atoms with Crippen LogP contribution in [0.25, 0.3) is 5.78 Å². The molecular weight excluding hydrogens is 335 g/mol. The van der Waals surface area contributed by atoms with Gasteiger partial charge in [0.15, 0.2) is 0 Å². The lowest BCUT2D eigenvalue weighted by molar-refractivity contribution is -0.144. The van der Waals surface area contributed by atoms with Crippen LogP contribution in [0.15, 0.2) is 18.5 Å². The van der Waals surface area contributed by atoms with Crippen molar-refractivity contribution in [3.63, 3.8) is 0 Å². The monoisotopic (exact) mass is 351 g/mol. The van der Waals surface area contributed by atoms with Gasteiger partial charge in [0.05, 0.1) is 12.2 Å². The van der Waals surface area contributed by atoms with E-state index in [1.165, 1.54) is 4.52 Å². The number of piperidine rings is 1. The number of rotatable bonds is 2. The Morgan fingerprint density at radius 1 is 1.24 bits per heavy atom. The molecule has 0 radical (unpaired) electrons. The maximum atomic E-state index is 13.0. The van der Waals surface area contributed by atoms with Crippen LogP contribution in [0.5, 0.6) is 0 Å². The first-order valence-electron chi connectivity index (χ1n) is 8.00. The molecule has 1 aliphatic rings. The molecule has 1 atom stereocenters. The number of fused-ring (bicyclic) bond motifs is 1. The third-order valence-electron chi connectivity index (χ3n) is 4.38. The summed E-state index contributed by atoms with van der Waals surface area (Å²) in [6, 6.07) is 1.77. The second-order valence-corrected chi connectivity index (χ2v) is 6.14. The highest BCUT2D eigenvalue weighted by molar-refractivity contribution is 5.50. The third kappa shape index (κ3) is 2.81. The van der Waals surface area contributed by atoms with Gasteiger partial charge in [-0.1, -0.05) is 0 Å². The molecule has 4 heterocycles. The molecule has 3 aromatic heterocycles. The van der Waals surface area contributed by atoms with Gasteiger partial charge in [0.2, 0.25) is 0 Å². The number of nitrogens with zero attached hydrogens (tertiary/aromatic N) is 6. The Labute approximate surface area is 140 Å². The average molecular weight is 351 g/mol. The number of nitrogens with one attached hydrogen (secondary N) is 1. The number of aryl methyl sites for hydroxylation is 1. The lowest BCUT2D eigenvalue weighted by Gasteiger charge is -2.36. The van der Waals surface area contributed by atoms with Gasteiger partial charge >= 0.3 is 6.18 Å². The zero-order chi connectivity index (χ0) is 17.6. The minimum Gasteiger partial charge on any atom is -0.349 e. The lowest BCUT2D eigenvalue weighted by Crippen LogP contribution is -2.34. The minimum atomic E-state index is -4.61. The van der Waals surface area contributed by atoms with E-state index in [4.69, 9.17) is 0 Å². The van der Waals surface area contributed by atoms with Gasteiger partial charge in [0.1, 0.15) is 5.82 Å². The van der Waals surface area contributed by atoms with E-state index in [1.807, 2.05) is 6.20 Å². The zero-order valence-corrected chi connectivity index (χ0v) is 13.5. The molecule has 1 fully saturated rings. The maximum absolute atomic E-state index is 13.0. The van der Waals surface area contributed by atoms with Crippen LogP contribution in [0.3, 0.4) is 0 Å². The first-order valence-corrected chi connectivity index (χ1v) is 8.00. The Kier molecular flexibility index (Phi) is 3.62. The second kappa shape index (κ2) is 5.71. The van der Waals surface area contributed by atoms with Gasteiger partial charge in [-0.15, -0.1) is 5.10 Å². The summed E-state index contributed by atoms with van der Waals surface area (Å²) in [4.78, 5) is 9.72. The van der Waals surface area contributed by atoms with Gasteiger partial charge < -0.3 is 4.90 Å².